The number of allylic oxidation sites excluding steroid dienone is 7. The number of anilines is 1. The number of nitrogens with zero attached hydrogens (tertiary/aromatic N) is 3. The van der Waals surface area contributed by atoms with Crippen molar-refractivity contribution in [2.75, 3.05) is 25.0 Å². The van der Waals surface area contributed by atoms with Crippen molar-refractivity contribution in [1.29, 1.82) is 0 Å². The summed E-state index contributed by atoms with van der Waals surface area (Å²) < 4.78 is 46.3. The molecular formula is C42H47F3N3Se+. The zero-order valence-electron chi connectivity index (χ0n) is 29.7. The molecule has 1 aliphatic carbocycles. The molecule has 49 heavy (non-hydrogen) atoms. The topological polar surface area (TPSA) is 9.49 Å². The Bertz CT molecular complexity index is 1910. The monoisotopic (exact) mass is 730 g/mol. The Kier molecular flexibility index (Phi) is 9.65. The van der Waals surface area contributed by atoms with E-state index in [1.54, 1.807) is 0 Å². The van der Waals surface area contributed by atoms with Gasteiger partial charge in [0.05, 0.1) is 0 Å². The predicted octanol–water partition coefficient (Wildman–Crippen LogP) is 9.60. The normalized spacial score (nSPS) is 20.2. The van der Waals surface area contributed by atoms with Gasteiger partial charge in [0.15, 0.2) is 0 Å². The molecular weight excluding hydrogens is 682 g/mol. The zero-order chi connectivity index (χ0) is 35.1. The molecule has 3 nitrogen and oxygen atoms in total. The number of alkyl halides is 3. The van der Waals surface area contributed by atoms with Crippen LogP contribution in [0.5, 0.6) is 0 Å². The van der Waals surface area contributed by atoms with E-state index in [4.69, 9.17) is 0 Å². The Labute approximate surface area is 296 Å². The van der Waals surface area contributed by atoms with E-state index in [1.807, 2.05) is 13.1 Å². The molecule has 7 heteroatoms. The van der Waals surface area contributed by atoms with Crippen molar-refractivity contribution < 1.29 is 17.7 Å². The predicted molar refractivity (Wildman–Crippen MR) is 198 cm³/mol. The molecule has 0 aromatic heterocycles. The number of benzene rings is 3. The van der Waals surface area contributed by atoms with Crippen LogP contribution in [0.1, 0.15) is 77.5 Å². The molecule has 0 atom stereocenters. The third-order valence-corrected chi connectivity index (χ3v) is 12.3. The number of hydrogen-bond acceptors (Lipinski definition) is 2. The average Bonchev–Trinajstić information content (AvgIpc) is 3.43. The first-order valence-corrected chi connectivity index (χ1v) is 18.9. The van der Waals surface area contributed by atoms with E-state index >= 15 is 0 Å². The van der Waals surface area contributed by atoms with Crippen molar-refractivity contribution in [3.05, 3.63) is 136 Å². The van der Waals surface area contributed by atoms with Gasteiger partial charge in [0, 0.05) is 0 Å². The van der Waals surface area contributed by atoms with Crippen LogP contribution in [0.3, 0.4) is 0 Å². The molecule has 0 fully saturated rings. The summed E-state index contributed by atoms with van der Waals surface area (Å²) in [5, 5.41) is 0. The first-order valence-electron chi connectivity index (χ1n) is 17.3. The second kappa shape index (κ2) is 13.5. The van der Waals surface area contributed by atoms with Crippen LogP contribution in [-0.2, 0) is 17.0 Å². The van der Waals surface area contributed by atoms with E-state index in [0.29, 0.717) is 4.46 Å². The van der Waals surface area contributed by atoms with Gasteiger partial charge >= 0.3 is 298 Å². The summed E-state index contributed by atoms with van der Waals surface area (Å²) >= 11 is -0.358. The van der Waals surface area contributed by atoms with Gasteiger partial charge < -0.3 is 0 Å². The molecule has 256 valence electrons. The summed E-state index contributed by atoms with van der Waals surface area (Å²) in [6.07, 6.45) is 7.62. The maximum atomic E-state index is 13.7. The van der Waals surface area contributed by atoms with Crippen LogP contribution in [0.4, 0.5) is 24.5 Å². The van der Waals surface area contributed by atoms with Gasteiger partial charge in [-0.25, -0.2) is 0 Å². The van der Waals surface area contributed by atoms with E-state index in [2.05, 4.69) is 128 Å². The zero-order valence-corrected chi connectivity index (χ0v) is 31.4. The van der Waals surface area contributed by atoms with Crippen molar-refractivity contribution in [3.63, 3.8) is 0 Å². The fourth-order valence-electron chi connectivity index (χ4n) is 7.90. The van der Waals surface area contributed by atoms with E-state index in [9.17, 15) is 13.2 Å². The van der Waals surface area contributed by atoms with Gasteiger partial charge in [-0.05, 0) is 0 Å². The standard InChI is InChI=1S/C42H47F3N3Se/c1-8-47-35-22-12-10-20-33(35)40(3,4)37(47)26-24-29-16-14-17-30(39(29)46(7)49-32-19-15-18-31(28-32)42(43,44)45)25-27-38-41(5,6)34-21-11-13-23-36(34)48(38)9-2/h10-13,15,18-28H,8-9,14,16-17H2,1-7H3/q+1. The number of likely N-dealkylation sites (N-methyl/N-ethyl adjacent to an activating group) is 2. The summed E-state index contributed by atoms with van der Waals surface area (Å²) in [5.74, 6) is 0. The second-order valence-corrected chi connectivity index (χ2v) is 16.6. The summed E-state index contributed by atoms with van der Waals surface area (Å²) in [6, 6.07) is 23.1. The van der Waals surface area contributed by atoms with Crippen molar-refractivity contribution in [1.82, 2.24) is 3.92 Å². The van der Waals surface area contributed by atoms with Crippen molar-refractivity contribution in [2.24, 2.45) is 0 Å². The number of halogens is 3. The molecule has 2 aliphatic heterocycles. The molecule has 0 saturated heterocycles. The Balaban J connectivity index is 1.45. The molecule has 2 heterocycles. The number of fused-ring (bicyclic) bond motifs is 2. The number of para-hydroxylation sites is 2. The first kappa shape index (κ1) is 35.0. The fourth-order valence-corrected chi connectivity index (χ4v) is 9.91. The summed E-state index contributed by atoms with van der Waals surface area (Å²) in [6.45, 7) is 15.3. The molecule has 3 aliphatic rings. The van der Waals surface area contributed by atoms with Gasteiger partial charge in [0.25, 0.3) is 0 Å². The molecule has 6 rings (SSSR count). The van der Waals surface area contributed by atoms with Crippen LogP contribution >= 0.6 is 0 Å². The first-order chi connectivity index (χ1) is 23.3. The second-order valence-electron chi connectivity index (χ2n) is 14.1. The molecule has 0 radical (unpaired) electrons. The van der Waals surface area contributed by atoms with Crippen LogP contribution in [0.25, 0.3) is 0 Å². The molecule has 0 spiro atoms. The van der Waals surface area contributed by atoms with Gasteiger partial charge in [0.2, 0.25) is 0 Å². The van der Waals surface area contributed by atoms with E-state index in [-0.39, 0.29) is 26.0 Å². The number of rotatable bonds is 8. The van der Waals surface area contributed by atoms with Gasteiger partial charge in [0.1, 0.15) is 0 Å². The van der Waals surface area contributed by atoms with Gasteiger partial charge in [-0.2, -0.15) is 0 Å². The minimum atomic E-state index is -4.37. The number of hydrogen-bond donors (Lipinski definition) is 0. The van der Waals surface area contributed by atoms with Crippen LogP contribution in [0.2, 0.25) is 0 Å². The molecule has 0 N–H and O–H groups in total. The molecule has 0 saturated carbocycles. The molecule has 0 bridgehead atoms. The maximum absolute atomic E-state index is 13.7. The molecule has 0 unspecified atom stereocenters. The molecule has 3 aromatic carbocycles. The third-order valence-electron chi connectivity index (χ3n) is 10.3. The molecule has 0 amide bonds. The summed E-state index contributed by atoms with van der Waals surface area (Å²) in [5.41, 5.74) is 10.4. The summed E-state index contributed by atoms with van der Waals surface area (Å²) in [4.78, 5) is 2.41. The van der Waals surface area contributed by atoms with Crippen LogP contribution in [0.15, 0.2) is 120 Å². The van der Waals surface area contributed by atoms with Gasteiger partial charge in [-0.15, -0.1) is 0 Å². The fraction of sp³-hybridized carbons (Fsp3) is 0.357. The van der Waals surface area contributed by atoms with E-state index in [1.165, 1.54) is 57.2 Å². The van der Waals surface area contributed by atoms with Crippen molar-refractivity contribution in [3.8, 4) is 0 Å². The SMILES string of the molecule is CCN1/C(=C/C=C2\CCCC(/C=C/C3=[N+](CC)c4ccccc4C3(C)C)=C2N(C)[Se]c2cccc(C(F)(F)F)c2)C(C)(C)c2ccccc21. The van der Waals surface area contributed by atoms with Gasteiger partial charge in [-0.1, -0.05) is 0 Å². The summed E-state index contributed by atoms with van der Waals surface area (Å²) in [7, 11) is 2.05. The van der Waals surface area contributed by atoms with E-state index in [0.717, 1.165) is 44.1 Å². The van der Waals surface area contributed by atoms with Gasteiger partial charge in [-0.3, -0.25) is 0 Å². The van der Waals surface area contributed by atoms with Crippen LogP contribution < -0.4 is 9.36 Å². The van der Waals surface area contributed by atoms with Crippen LogP contribution in [-0.4, -0.2) is 49.5 Å². The van der Waals surface area contributed by atoms with Crippen molar-refractivity contribution in [2.45, 2.75) is 77.8 Å². The Morgan fingerprint density at radius 1 is 0.857 bits per heavy atom. The Morgan fingerprint density at radius 3 is 2.29 bits per heavy atom. The Hall–Kier alpha value is -3.80. The average molecular weight is 730 g/mol. The van der Waals surface area contributed by atoms with E-state index < -0.39 is 11.7 Å². The quantitative estimate of drug-likeness (QED) is 0.169. The Morgan fingerprint density at radius 2 is 1.57 bits per heavy atom. The molecule has 3 aromatic rings. The van der Waals surface area contributed by atoms with Crippen LogP contribution in [0, 0.1) is 0 Å². The minimum absolute atomic E-state index is 0.151. The third kappa shape index (κ3) is 6.48. The van der Waals surface area contributed by atoms with Crippen molar-refractivity contribution >= 4 is 36.7 Å².